The Bertz CT molecular complexity index is 788. The largest absolute Gasteiger partial charge is 0.392 e. The van der Waals surface area contributed by atoms with Gasteiger partial charge in [0.05, 0.1) is 5.56 Å². The van der Waals surface area contributed by atoms with Gasteiger partial charge in [-0.1, -0.05) is 35.9 Å². The standard InChI is InChI=1S/C10H11O2P.C9H8O3/c1-6-4-7(2)9(8(3)5-6)10(11)13-12;1-7-4-2-3-5-8(7)9(11)12-6-10/h4-5H,1-3H3;2-6H,1H3. The maximum Gasteiger partial charge on any atom is 0.345 e. The maximum atomic E-state index is 11.2. The first-order chi connectivity index (χ1) is 11.8. The molecule has 0 bridgehead atoms. The van der Waals surface area contributed by atoms with Gasteiger partial charge in [0.25, 0.3) is 5.52 Å². The van der Waals surface area contributed by atoms with Gasteiger partial charge in [-0.05, 0) is 50.5 Å². The predicted molar refractivity (Wildman–Crippen MR) is 95.2 cm³/mol. The van der Waals surface area contributed by atoms with Gasteiger partial charge in [0.1, 0.15) is 0 Å². The third-order valence-corrected chi connectivity index (χ3v) is 3.88. The van der Waals surface area contributed by atoms with E-state index in [1.54, 1.807) is 25.1 Å². The molecule has 2 rings (SSSR count). The van der Waals surface area contributed by atoms with Crippen LogP contribution in [0.2, 0.25) is 0 Å². The Morgan fingerprint density at radius 3 is 2.00 bits per heavy atom. The van der Waals surface area contributed by atoms with Crippen molar-refractivity contribution in [3.8, 4) is 0 Å². The number of ether oxygens (including phenoxy) is 1. The van der Waals surface area contributed by atoms with E-state index in [1.807, 2.05) is 39.0 Å². The van der Waals surface area contributed by atoms with Crippen LogP contribution in [0.3, 0.4) is 0 Å². The summed E-state index contributed by atoms with van der Waals surface area (Å²) in [7, 11) is -0.434. The van der Waals surface area contributed by atoms with Crippen LogP contribution >= 0.6 is 8.46 Å². The van der Waals surface area contributed by atoms with Crippen LogP contribution < -0.4 is 0 Å². The zero-order valence-electron chi connectivity index (χ0n) is 14.5. The van der Waals surface area contributed by atoms with Gasteiger partial charge >= 0.3 is 12.4 Å². The minimum Gasteiger partial charge on any atom is -0.392 e. The molecule has 6 heteroatoms. The number of carbonyl (C=O) groups excluding carboxylic acids is 3. The Morgan fingerprint density at radius 2 is 1.52 bits per heavy atom. The van der Waals surface area contributed by atoms with Gasteiger partial charge in [-0.2, -0.15) is 0 Å². The number of aryl methyl sites for hydroxylation is 4. The van der Waals surface area contributed by atoms with Crippen LogP contribution in [-0.2, 0) is 14.1 Å². The number of hydrogen-bond donors (Lipinski definition) is 0. The second-order valence-corrected chi connectivity index (χ2v) is 6.08. The number of hydrogen-bond acceptors (Lipinski definition) is 5. The minimum absolute atomic E-state index is 0.134. The summed E-state index contributed by atoms with van der Waals surface area (Å²) in [4.78, 5) is 32.1. The average Bonchev–Trinajstić information content (AvgIpc) is 2.55. The molecule has 0 fully saturated rings. The molecule has 0 unspecified atom stereocenters. The van der Waals surface area contributed by atoms with Crippen molar-refractivity contribution < 1.29 is 23.7 Å². The highest BCUT2D eigenvalue weighted by Crippen LogP contribution is 2.20. The molecule has 2 aromatic rings. The third-order valence-electron chi connectivity index (χ3n) is 3.49. The van der Waals surface area contributed by atoms with Gasteiger partial charge in [-0.15, -0.1) is 0 Å². The average molecular weight is 358 g/mol. The summed E-state index contributed by atoms with van der Waals surface area (Å²) >= 11 is 0. The molecule has 0 N–H and O–H groups in total. The van der Waals surface area contributed by atoms with Crippen molar-refractivity contribution in [3.05, 3.63) is 69.8 Å². The number of benzene rings is 2. The first-order valence-corrected chi connectivity index (χ1v) is 8.28. The van der Waals surface area contributed by atoms with Crippen LogP contribution in [-0.4, -0.2) is 18.0 Å². The van der Waals surface area contributed by atoms with Gasteiger partial charge in [0.15, 0.2) is 0 Å². The van der Waals surface area contributed by atoms with Gasteiger partial charge in [0, 0.05) is 5.56 Å². The fourth-order valence-electron chi connectivity index (χ4n) is 2.47. The highest BCUT2D eigenvalue weighted by atomic mass is 31.1. The van der Waals surface area contributed by atoms with Crippen molar-refractivity contribution in [3.63, 3.8) is 0 Å². The molecule has 0 saturated carbocycles. The fraction of sp³-hybridized carbons (Fsp3) is 0.211. The van der Waals surface area contributed by atoms with Gasteiger partial charge in [-0.25, -0.2) is 4.79 Å². The van der Waals surface area contributed by atoms with Crippen molar-refractivity contribution in [2.45, 2.75) is 27.7 Å². The van der Waals surface area contributed by atoms with E-state index in [1.165, 1.54) is 0 Å². The highest BCUT2D eigenvalue weighted by molar-refractivity contribution is 7.47. The Morgan fingerprint density at radius 1 is 0.960 bits per heavy atom. The van der Waals surface area contributed by atoms with E-state index in [-0.39, 0.29) is 12.0 Å². The SMILES string of the molecule is Cc1cc(C)c(C(=O)P=O)c(C)c1.Cc1ccccc1C(=O)OC=O. The lowest BCUT2D eigenvalue weighted by Crippen LogP contribution is -2.04. The topological polar surface area (TPSA) is 77.5 Å². The molecule has 5 nitrogen and oxygen atoms in total. The summed E-state index contributed by atoms with van der Waals surface area (Å²) < 4.78 is 14.6. The molecular formula is C19H19O5P. The van der Waals surface area contributed by atoms with Crippen LogP contribution in [0.4, 0.5) is 0 Å². The van der Waals surface area contributed by atoms with Gasteiger partial charge in [0.2, 0.25) is 8.46 Å². The van der Waals surface area contributed by atoms with E-state index in [0.717, 1.165) is 22.3 Å². The molecule has 25 heavy (non-hydrogen) atoms. The van der Waals surface area contributed by atoms with Crippen LogP contribution in [0.25, 0.3) is 0 Å². The molecule has 0 saturated heterocycles. The second-order valence-electron chi connectivity index (χ2n) is 5.49. The molecule has 0 radical (unpaired) electrons. The normalized spacial score (nSPS) is 9.76. The Kier molecular flexibility index (Phi) is 7.83. The van der Waals surface area contributed by atoms with E-state index >= 15 is 0 Å². The molecule has 0 aliphatic heterocycles. The molecule has 0 aliphatic rings. The summed E-state index contributed by atoms with van der Waals surface area (Å²) in [5.74, 6) is -0.608. The first kappa shape index (κ1) is 20.4. The van der Waals surface area contributed by atoms with Crippen molar-refractivity contribution in [1.29, 1.82) is 0 Å². The van der Waals surface area contributed by atoms with E-state index in [9.17, 15) is 18.9 Å². The zero-order chi connectivity index (χ0) is 19.0. The summed E-state index contributed by atoms with van der Waals surface area (Å²) in [5.41, 5.74) is 4.37. The van der Waals surface area contributed by atoms with E-state index in [2.05, 4.69) is 4.74 Å². The molecule has 0 aliphatic carbocycles. The Labute approximate surface area is 148 Å². The van der Waals surface area contributed by atoms with E-state index in [0.29, 0.717) is 11.1 Å². The molecule has 2 aromatic carbocycles. The lowest BCUT2D eigenvalue weighted by molar-refractivity contribution is -0.123. The van der Waals surface area contributed by atoms with Crippen LogP contribution in [0, 0.1) is 27.7 Å². The Hall–Kier alpha value is -2.65. The molecule has 0 atom stereocenters. The summed E-state index contributed by atoms with van der Waals surface area (Å²) in [6, 6.07) is 10.8. The molecule has 130 valence electrons. The highest BCUT2D eigenvalue weighted by Gasteiger charge is 2.12. The fourth-order valence-corrected chi connectivity index (χ4v) is 2.92. The van der Waals surface area contributed by atoms with E-state index in [4.69, 9.17) is 0 Å². The van der Waals surface area contributed by atoms with Crippen molar-refractivity contribution in [2.24, 2.45) is 0 Å². The molecular weight excluding hydrogens is 339 g/mol. The number of carbonyl (C=O) groups is 3. The van der Waals surface area contributed by atoms with Crippen molar-refractivity contribution in [2.75, 3.05) is 0 Å². The number of esters is 1. The Balaban J connectivity index is 0.000000251. The van der Waals surface area contributed by atoms with Crippen molar-refractivity contribution in [1.82, 2.24) is 0 Å². The smallest absolute Gasteiger partial charge is 0.345 e. The summed E-state index contributed by atoms with van der Waals surface area (Å²) in [6.45, 7) is 7.61. The van der Waals surface area contributed by atoms with Crippen LogP contribution in [0.1, 0.15) is 43.0 Å². The summed E-state index contributed by atoms with van der Waals surface area (Å²) in [5, 5.41) is 0. The quantitative estimate of drug-likeness (QED) is 0.351. The van der Waals surface area contributed by atoms with Crippen molar-refractivity contribution >= 4 is 26.4 Å². The molecule has 0 amide bonds. The van der Waals surface area contributed by atoms with Gasteiger partial charge < -0.3 is 4.74 Å². The lowest BCUT2D eigenvalue weighted by Gasteiger charge is -2.06. The monoisotopic (exact) mass is 358 g/mol. The second kappa shape index (κ2) is 9.60. The number of rotatable bonds is 4. The van der Waals surface area contributed by atoms with Crippen LogP contribution in [0.15, 0.2) is 36.4 Å². The lowest BCUT2D eigenvalue weighted by atomic mass is 10.0. The maximum absolute atomic E-state index is 11.2. The molecule has 0 aromatic heterocycles. The van der Waals surface area contributed by atoms with Crippen LogP contribution in [0.5, 0.6) is 0 Å². The molecule has 0 spiro atoms. The predicted octanol–water partition coefficient (Wildman–Crippen LogP) is 4.35. The first-order valence-electron chi connectivity index (χ1n) is 7.47. The zero-order valence-corrected chi connectivity index (χ0v) is 15.4. The minimum atomic E-state index is -0.608. The molecule has 0 heterocycles. The van der Waals surface area contributed by atoms with E-state index < -0.39 is 14.4 Å². The van der Waals surface area contributed by atoms with Gasteiger partial charge in [-0.3, -0.25) is 14.2 Å². The third kappa shape index (κ3) is 5.73. The summed E-state index contributed by atoms with van der Waals surface area (Å²) in [6.07, 6.45) is 0.